The molecule has 3 rings (SSSR count). The van der Waals surface area contributed by atoms with E-state index in [0.29, 0.717) is 0 Å². The number of nitrogens with zero attached hydrogens (tertiary/aromatic N) is 3. The topological polar surface area (TPSA) is 29.0 Å². The predicted molar refractivity (Wildman–Crippen MR) is 78.1 cm³/mol. The van der Waals surface area contributed by atoms with Gasteiger partial charge in [0.15, 0.2) is 0 Å². The summed E-state index contributed by atoms with van der Waals surface area (Å²) in [5.41, 5.74) is 2.53. The van der Waals surface area contributed by atoms with Crippen molar-refractivity contribution in [2.75, 3.05) is 20.1 Å². The molecule has 18 heavy (non-hydrogen) atoms. The molecule has 0 saturated heterocycles. The molecule has 2 aliphatic rings. The van der Waals surface area contributed by atoms with Crippen molar-refractivity contribution in [1.29, 1.82) is 0 Å². The zero-order valence-electron chi connectivity index (χ0n) is 10.8. The lowest BCUT2D eigenvalue weighted by atomic mass is 10.1. The van der Waals surface area contributed by atoms with Crippen molar-refractivity contribution < 1.29 is 0 Å². The van der Waals surface area contributed by atoms with Crippen LogP contribution in [0.5, 0.6) is 0 Å². The van der Waals surface area contributed by atoms with Crippen LogP contribution in [0, 0.1) is 0 Å². The number of thioether (sulfide) groups is 1. The smallest absolute Gasteiger partial charge is 0.138 e. The molecule has 0 spiro atoms. The third-order valence-corrected chi connectivity index (χ3v) is 5.64. The standard InChI is InChI=1S/C13H19N3S2/c1-16-8-4-5-10(9-16)12-13(15-18-14-12)17-11-6-2-3-7-11/h5,11H,2-4,6-9H2,1H3. The van der Waals surface area contributed by atoms with Crippen LogP contribution in [0.25, 0.3) is 5.57 Å². The Morgan fingerprint density at radius 3 is 2.94 bits per heavy atom. The van der Waals surface area contributed by atoms with Crippen molar-refractivity contribution in [2.45, 2.75) is 42.4 Å². The summed E-state index contributed by atoms with van der Waals surface area (Å²) < 4.78 is 9.05. The summed E-state index contributed by atoms with van der Waals surface area (Å²) in [6, 6.07) is 0. The molecule has 0 aromatic carbocycles. The fraction of sp³-hybridized carbons (Fsp3) is 0.692. The van der Waals surface area contributed by atoms with E-state index >= 15 is 0 Å². The molecule has 0 radical (unpaired) electrons. The number of aromatic nitrogens is 2. The van der Waals surface area contributed by atoms with Crippen LogP contribution in [0.3, 0.4) is 0 Å². The normalized spacial score (nSPS) is 22.4. The molecule has 0 amide bonds. The maximum Gasteiger partial charge on any atom is 0.138 e. The van der Waals surface area contributed by atoms with E-state index < -0.39 is 0 Å². The molecule has 0 atom stereocenters. The Labute approximate surface area is 117 Å². The molecule has 0 unspecified atom stereocenters. The fourth-order valence-corrected chi connectivity index (χ4v) is 4.67. The maximum absolute atomic E-state index is 4.53. The lowest BCUT2D eigenvalue weighted by Crippen LogP contribution is -2.25. The monoisotopic (exact) mass is 281 g/mol. The summed E-state index contributed by atoms with van der Waals surface area (Å²) in [7, 11) is 2.18. The highest BCUT2D eigenvalue weighted by atomic mass is 32.2. The molecule has 1 aromatic rings. The molecule has 98 valence electrons. The van der Waals surface area contributed by atoms with Crippen LogP contribution in [-0.4, -0.2) is 39.0 Å². The van der Waals surface area contributed by atoms with E-state index in [1.54, 1.807) is 0 Å². The quantitative estimate of drug-likeness (QED) is 0.850. The molecule has 2 heterocycles. The first-order valence-corrected chi connectivity index (χ1v) is 8.31. The van der Waals surface area contributed by atoms with Gasteiger partial charge in [-0.05, 0) is 31.9 Å². The van der Waals surface area contributed by atoms with Crippen LogP contribution in [0.1, 0.15) is 37.8 Å². The first kappa shape index (κ1) is 12.6. The lowest BCUT2D eigenvalue weighted by molar-refractivity contribution is 0.372. The van der Waals surface area contributed by atoms with Crippen LogP contribution < -0.4 is 0 Å². The van der Waals surface area contributed by atoms with Crippen molar-refractivity contribution in [1.82, 2.24) is 13.6 Å². The summed E-state index contributed by atoms with van der Waals surface area (Å²) in [5.74, 6) is 0. The number of rotatable bonds is 3. The largest absolute Gasteiger partial charge is 0.302 e. The fourth-order valence-electron chi connectivity index (χ4n) is 2.68. The number of hydrogen-bond donors (Lipinski definition) is 0. The minimum Gasteiger partial charge on any atom is -0.302 e. The van der Waals surface area contributed by atoms with Crippen LogP contribution in [0.15, 0.2) is 11.1 Å². The zero-order chi connectivity index (χ0) is 12.4. The molecule has 1 fully saturated rings. The van der Waals surface area contributed by atoms with Gasteiger partial charge in [0.05, 0.1) is 11.7 Å². The molecule has 1 aromatic heterocycles. The van der Waals surface area contributed by atoms with E-state index in [1.165, 1.54) is 48.0 Å². The van der Waals surface area contributed by atoms with Gasteiger partial charge in [-0.3, -0.25) is 0 Å². The third-order valence-electron chi connectivity index (χ3n) is 3.68. The second-order valence-electron chi connectivity index (χ2n) is 5.20. The number of likely N-dealkylation sites (N-methyl/N-ethyl adjacent to an activating group) is 1. The van der Waals surface area contributed by atoms with Crippen LogP contribution in [-0.2, 0) is 0 Å². The van der Waals surface area contributed by atoms with Gasteiger partial charge in [-0.15, -0.1) is 0 Å². The average Bonchev–Trinajstić information content (AvgIpc) is 3.01. The van der Waals surface area contributed by atoms with Crippen LogP contribution >= 0.6 is 23.5 Å². The summed E-state index contributed by atoms with van der Waals surface area (Å²) in [4.78, 5) is 2.36. The van der Waals surface area contributed by atoms with E-state index in [0.717, 1.165) is 30.5 Å². The molecule has 1 saturated carbocycles. The minimum absolute atomic E-state index is 0.773. The Morgan fingerprint density at radius 1 is 1.33 bits per heavy atom. The van der Waals surface area contributed by atoms with Crippen LogP contribution in [0.4, 0.5) is 0 Å². The molecule has 0 bridgehead atoms. The van der Waals surface area contributed by atoms with Gasteiger partial charge in [-0.1, -0.05) is 30.7 Å². The van der Waals surface area contributed by atoms with Crippen molar-refractivity contribution in [3.8, 4) is 0 Å². The Bertz CT molecular complexity index is 435. The van der Waals surface area contributed by atoms with Gasteiger partial charge < -0.3 is 4.90 Å². The third kappa shape index (κ3) is 2.78. The number of hydrogen-bond acceptors (Lipinski definition) is 5. The maximum atomic E-state index is 4.53. The van der Waals surface area contributed by atoms with Crippen molar-refractivity contribution in [3.63, 3.8) is 0 Å². The zero-order valence-corrected chi connectivity index (χ0v) is 12.4. The Balaban J connectivity index is 1.76. The highest BCUT2D eigenvalue weighted by Crippen LogP contribution is 2.37. The lowest BCUT2D eigenvalue weighted by Gasteiger charge is -2.22. The summed E-state index contributed by atoms with van der Waals surface area (Å²) >= 11 is 3.32. The second kappa shape index (κ2) is 5.72. The Hall–Kier alpha value is -0.390. The van der Waals surface area contributed by atoms with Crippen molar-refractivity contribution in [2.24, 2.45) is 0 Å². The van der Waals surface area contributed by atoms with E-state index in [2.05, 4.69) is 26.8 Å². The van der Waals surface area contributed by atoms with Gasteiger partial charge in [0.1, 0.15) is 10.7 Å². The van der Waals surface area contributed by atoms with E-state index in [4.69, 9.17) is 0 Å². The van der Waals surface area contributed by atoms with Gasteiger partial charge >= 0.3 is 0 Å². The van der Waals surface area contributed by atoms with Gasteiger partial charge in [0, 0.05) is 18.3 Å². The molecular weight excluding hydrogens is 262 g/mol. The van der Waals surface area contributed by atoms with E-state index in [9.17, 15) is 0 Å². The molecular formula is C13H19N3S2. The second-order valence-corrected chi connectivity index (χ2v) is 7.02. The van der Waals surface area contributed by atoms with Gasteiger partial charge in [0.2, 0.25) is 0 Å². The molecule has 1 aliphatic heterocycles. The van der Waals surface area contributed by atoms with Crippen molar-refractivity contribution >= 4 is 29.1 Å². The van der Waals surface area contributed by atoms with E-state index in [-0.39, 0.29) is 0 Å². The first-order valence-electron chi connectivity index (χ1n) is 6.70. The minimum atomic E-state index is 0.773. The molecule has 0 N–H and O–H groups in total. The summed E-state index contributed by atoms with van der Waals surface area (Å²) in [5, 5.41) is 1.95. The van der Waals surface area contributed by atoms with Crippen LogP contribution in [0.2, 0.25) is 0 Å². The Morgan fingerprint density at radius 2 is 2.17 bits per heavy atom. The van der Waals surface area contributed by atoms with Gasteiger partial charge in [0.25, 0.3) is 0 Å². The highest BCUT2D eigenvalue weighted by molar-refractivity contribution is 8.00. The predicted octanol–water partition coefficient (Wildman–Crippen LogP) is 3.29. The molecule has 1 aliphatic carbocycles. The average molecular weight is 281 g/mol. The van der Waals surface area contributed by atoms with Crippen molar-refractivity contribution in [3.05, 3.63) is 11.8 Å². The summed E-state index contributed by atoms with van der Waals surface area (Å²) in [6.45, 7) is 2.18. The summed E-state index contributed by atoms with van der Waals surface area (Å²) in [6.07, 6.45) is 8.94. The Kier molecular flexibility index (Phi) is 4.01. The molecule has 5 heteroatoms. The SMILES string of the molecule is CN1CCC=C(c2nsnc2SC2CCCC2)C1. The van der Waals surface area contributed by atoms with Gasteiger partial charge in [-0.2, -0.15) is 8.75 Å². The van der Waals surface area contributed by atoms with E-state index in [1.807, 2.05) is 11.8 Å². The molecule has 3 nitrogen and oxygen atoms in total. The first-order chi connectivity index (χ1) is 8.83. The van der Waals surface area contributed by atoms with Gasteiger partial charge in [-0.25, -0.2) is 0 Å². The highest BCUT2D eigenvalue weighted by Gasteiger charge is 2.22.